The van der Waals surface area contributed by atoms with Crippen LogP contribution in [-0.2, 0) is 11.2 Å². The molecule has 0 aliphatic carbocycles. The minimum Gasteiger partial charge on any atom is -0.461 e. The summed E-state index contributed by atoms with van der Waals surface area (Å²) in [4.78, 5) is 11.4. The van der Waals surface area contributed by atoms with E-state index >= 15 is 0 Å². The van der Waals surface area contributed by atoms with Crippen molar-refractivity contribution in [3.8, 4) is 0 Å². The maximum absolute atomic E-state index is 11.4. The van der Waals surface area contributed by atoms with Crippen molar-refractivity contribution in [2.24, 2.45) is 0 Å². The SMILES string of the molecule is CNCCC(=O)NCCc1cc2ccccc2o1.Cl. The molecule has 1 heterocycles. The van der Waals surface area contributed by atoms with Crippen LogP contribution in [0.5, 0.6) is 0 Å². The van der Waals surface area contributed by atoms with E-state index in [-0.39, 0.29) is 18.3 Å². The molecule has 104 valence electrons. The van der Waals surface area contributed by atoms with Crippen LogP contribution in [0.2, 0.25) is 0 Å². The molecule has 5 heteroatoms. The molecule has 0 spiro atoms. The molecule has 2 rings (SSSR count). The molecule has 0 unspecified atom stereocenters. The summed E-state index contributed by atoms with van der Waals surface area (Å²) in [6, 6.07) is 9.93. The number of nitrogens with one attached hydrogen (secondary N) is 2. The van der Waals surface area contributed by atoms with E-state index in [0.29, 0.717) is 19.5 Å². The Bertz CT molecular complexity index is 492. The lowest BCUT2D eigenvalue weighted by Crippen LogP contribution is -2.28. The molecule has 1 amide bonds. The zero-order valence-corrected chi connectivity index (χ0v) is 11.8. The van der Waals surface area contributed by atoms with Crippen LogP contribution in [-0.4, -0.2) is 26.0 Å². The van der Waals surface area contributed by atoms with Crippen molar-refractivity contribution in [1.29, 1.82) is 0 Å². The van der Waals surface area contributed by atoms with Crippen molar-refractivity contribution < 1.29 is 9.21 Å². The van der Waals surface area contributed by atoms with Crippen molar-refractivity contribution in [2.45, 2.75) is 12.8 Å². The number of halogens is 1. The van der Waals surface area contributed by atoms with Crippen molar-refractivity contribution in [3.63, 3.8) is 0 Å². The van der Waals surface area contributed by atoms with Crippen LogP contribution in [0, 0.1) is 0 Å². The van der Waals surface area contributed by atoms with E-state index < -0.39 is 0 Å². The molecular weight excluding hydrogens is 264 g/mol. The fourth-order valence-corrected chi connectivity index (χ4v) is 1.81. The van der Waals surface area contributed by atoms with Crippen LogP contribution in [0.1, 0.15) is 12.2 Å². The highest BCUT2D eigenvalue weighted by Crippen LogP contribution is 2.18. The number of amides is 1. The number of rotatable bonds is 6. The summed E-state index contributed by atoms with van der Waals surface area (Å²) in [6.45, 7) is 1.32. The van der Waals surface area contributed by atoms with Gasteiger partial charge in [-0.1, -0.05) is 18.2 Å². The lowest BCUT2D eigenvalue weighted by atomic mass is 10.2. The van der Waals surface area contributed by atoms with Crippen LogP contribution >= 0.6 is 12.4 Å². The van der Waals surface area contributed by atoms with Crippen LogP contribution in [0.25, 0.3) is 11.0 Å². The average Bonchev–Trinajstić information content (AvgIpc) is 2.79. The fraction of sp³-hybridized carbons (Fsp3) is 0.357. The molecule has 1 aromatic carbocycles. The molecule has 19 heavy (non-hydrogen) atoms. The van der Waals surface area contributed by atoms with Crippen molar-refractivity contribution >= 4 is 29.3 Å². The molecule has 0 aliphatic heterocycles. The van der Waals surface area contributed by atoms with Crippen LogP contribution < -0.4 is 10.6 Å². The minimum atomic E-state index is 0. The third kappa shape index (κ3) is 4.58. The quantitative estimate of drug-likeness (QED) is 0.853. The Morgan fingerprint density at radius 1 is 1.26 bits per heavy atom. The zero-order chi connectivity index (χ0) is 12.8. The summed E-state index contributed by atoms with van der Waals surface area (Å²) in [7, 11) is 1.84. The van der Waals surface area contributed by atoms with Gasteiger partial charge in [0.05, 0.1) is 0 Å². The fourth-order valence-electron chi connectivity index (χ4n) is 1.81. The van der Waals surface area contributed by atoms with Gasteiger partial charge in [0.2, 0.25) is 5.91 Å². The summed E-state index contributed by atoms with van der Waals surface area (Å²) >= 11 is 0. The molecule has 4 nitrogen and oxygen atoms in total. The van der Waals surface area contributed by atoms with Gasteiger partial charge < -0.3 is 15.1 Å². The van der Waals surface area contributed by atoms with Gasteiger partial charge in [-0.15, -0.1) is 12.4 Å². The molecule has 0 radical (unpaired) electrons. The average molecular weight is 283 g/mol. The van der Waals surface area contributed by atoms with E-state index in [1.165, 1.54) is 0 Å². The predicted octanol–water partition coefficient (Wildman–Crippen LogP) is 2.12. The first-order chi connectivity index (χ1) is 8.79. The van der Waals surface area contributed by atoms with Crippen LogP contribution in [0.15, 0.2) is 34.7 Å². The molecule has 0 saturated carbocycles. The van der Waals surface area contributed by atoms with Crippen molar-refractivity contribution in [3.05, 3.63) is 36.1 Å². The lowest BCUT2D eigenvalue weighted by molar-refractivity contribution is -0.120. The first-order valence-corrected chi connectivity index (χ1v) is 6.18. The predicted molar refractivity (Wildman–Crippen MR) is 78.7 cm³/mol. The standard InChI is InChI=1S/C14H18N2O2.ClH/c1-15-8-7-14(17)16-9-6-12-10-11-4-2-3-5-13(11)18-12;/h2-5,10,15H,6-9H2,1H3,(H,16,17);1H. The van der Waals surface area contributed by atoms with E-state index in [4.69, 9.17) is 4.42 Å². The van der Waals surface area contributed by atoms with E-state index in [1.807, 2.05) is 37.4 Å². The summed E-state index contributed by atoms with van der Waals surface area (Å²) in [6.07, 6.45) is 1.23. The smallest absolute Gasteiger partial charge is 0.221 e. The molecule has 1 aromatic heterocycles. The Hall–Kier alpha value is -1.52. The number of carbonyl (C=O) groups is 1. The Morgan fingerprint density at radius 3 is 2.79 bits per heavy atom. The molecule has 2 aromatic rings. The molecule has 0 aliphatic rings. The largest absolute Gasteiger partial charge is 0.461 e. The number of hydrogen-bond donors (Lipinski definition) is 2. The number of para-hydroxylation sites is 1. The summed E-state index contributed by atoms with van der Waals surface area (Å²) in [5, 5.41) is 6.92. The number of carbonyl (C=O) groups excluding carboxylic acids is 1. The summed E-state index contributed by atoms with van der Waals surface area (Å²) in [5.41, 5.74) is 0.897. The minimum absolute atomic E-state index is 0. The lowest BCUT2D eigenvalue weighted by Gasteiger charge is -2.03. The third-order valence-electron chi connectivity index (χ3n) is 2.77. The Labute approximate surface area is 119 Å². The van der Waals surface area contributed by atoms with Gasteiger partial charge in [0.25, 0.3) is 0 Å². The van der Waals surface area contributed by atoms with E-state index in [1.54, 1.807) is 0 Å². The van der Waals surface area contributed by atoms with E-state index in [9.17, 15) is 4.79 Å². The topological polar surface area (TPSA) is 54.3 Å². The monoisotopic (exact) mass is 282 g/mol. The van der Waals surface area contributed by atoms with Crippen molar-refractivity contribution in [2.75, 3.05) is 20.1 Å². The molecule has 2 N–H and O–H groups in total. The number of benzene rings is 1. The molecule has 0 fully saturated rings. The van der Waals surface area contributed by atoms with Crippen molar-refractivity contribution in [1.82, 2.24) is 10.6 Å². The maximum atomic E-state index is 11.4. The Morgan fingerprint density at radius 2 is 2.05 bits per heavy atom. The number of hydrogen-bond acceptors (Lipinski definition) is 3. The number of fused-ring (bicyclic) bond motifs is 1. The molecule has 0 bridgehead atoms. The molecular formula is C14H19ClN2O2. The van der Waals surface area contributed by atoms with Gasteiger partial charge in [-0.25, -0.2) is 0 Å². The third-order valence-corrected chi connectivity index (χ3v) is 2.77. The van der Waals surface area contributed by atoms with E-state index in [0.717, 1.165) is 23.2 Å². The van der Waals surface area contributed by atoms with Gasteiger partial charge in [-0.05, 0) is 19.2 Å². The number of furan rings is 1. The Balaban J connectivity index is 0.00000180. The van der Waals surface area contributed by atoms with Crippen LogP contribution in [0.3, 0.4) is 0 Å². The highest BCUT2D eigenvalue weighted by atomic mass is 35.5. The van der Waals surface area contributed by atoms with E-state index in [2.05, 4.69) is 10.6 Å². The summed E-state index contributed by atoms with van der Waals surface area (Å²) < 4.78 is 5.67. The normalized spacial score (nSPS) is 10.2. The molecule has 0 atom stereocenters. The first kappa shape index (κ1) is 15.5. The highest BCUT2D eigenvalue weighted by Gasteiger charge is 2.04. The maximum Gasteiger partial charge on any atom is 0.221 e. The van der Waals surface area contributed by atoms with Gasteiger partial charge in [0.1, 0.15) is 11.3 Å². The van der Waals surface area contributed by atoms with Crippen LogP contribution in [0.4, 0.5) is 0 Å². The second-order valence-corrected chi connectivity index (χ2v) is 4.20. The second-order valence-electron chi connectivity index (χ2n) is 4.20. The van der Waals surface area contributed by atoms with Gasteiger partial charge >= 0.3 is 0 Å². The van der Waals surface area contributed by atoms with Gasteiger partial charge in [-0.2, -0.15) is 0 Å². The first-order valence-electron chi connectivity index (χ1n) is 6.18. The molecule has 0 saturated heterocycles. The highest BCUT2D eigenvalue weighted by molar-refractivity contribution is 5.85. The second kappa shape index (κ2) is 7.81. The van der Waals surface area contributed by atoms with Gasteiger partial charge in [0, 0.05) is 31.3 Å². The van der Waals surface area contributed by atoms with Gasteiger partial charge in [-0.3, -0.25) is 4.79 Å². The zero-order valence-electron chi connectivity index (χ0n) is 10.9. The summed E-state index contributed by atoms with van der Waals surface area (Å²) in [5.74, 6) is 0.977. The Kier molecular flexibility index (Phi) is 6.39. The van der Waals surface area contributed by atoms with Gasteiger partial charge in [0.15, 0.2) is 0 Å².